The molecule has 0 saturated carbocycles. The van der Waals surface area contributed by atoms with Gasteiger partial charge >= 0.3 is 0 Å². The summed E-state index contributed by atoms with van der Waals surface area (Å²) in [5, 5.41) is 3.01. The first kappa shape index (κ1) is 16.1. The van der Waals surface area contributed by atoms with Crippen LogP contribution >= 0.6 is 0 Å². The molecule has 0 aliphatic carbocycles. The van der Waals surface area contributed by atoms with Crippen LogP contribution in [-0.2, 0) is 4.79 Å². The summed E-state index contributed by atoms with van der Waals surface area (Å²) in [7, 11) is 1.61. The smallest absolute Gasteiger partial charge is 0.232 e. The third-order valence-electron chi connectivity index (χ3n) is 4.02. The monoisotopic (exact) mass is 297 g/mol. The number of amides is 1. The van der Waals surface area contributed by atoms with E-state index in [4.69, 9.17) is 4.74 Å². The lowest BCUT2D eigenvalue weighted by Gasteiger charge is -2.23. The van der Waals surface area contributed by atoms with Crippen LogP contribution in [0.1, 0.15) is 31.7 Å². The van der Waals surface area contributed by atoms with Crippen LogP contribution in [0.15, 0.2) is 54.6 Å². The highest BCUT2D eigenvalue weighted by molar-refractivity contribution is 5.97. The maximum Gasteiger partial charge on any atom is 0.232 e. The van der Waals surface area contributed by atoms with Crippen LogP contribution in [0.2, 0.25) is 0 Å². The summed E-state index contributed by atoms with van der Waals surface area (Å²) >= 11 is 0. The molecule has 0 fully saturated rings. The summed E-state index contributed by atoms with van der Waals surface area (Å²) in [6, 6.07) is 17.4. The van der Waals surface area contributed by atoms with Crippen molar-refractivity contribution in [3.63, 3.8) is 0 Å². The molecule has 0 radical (unpaired) electrons. The fourth-order valence-electron chi connectivity index (χ4n) is 2.59. The summed E-state index contributed by atoms with van der Waals surface area (Å²) in [6.07, 6.45) is 0.943. The molecule has 3 heteroatoms. The van der Waals surface area contributed by atoms with Crippen LogP contribution < -0.4 is 10.1 Å². The van der Waals surface area contributed by atoms with Crippen LogP contribution in [0, 0.1) is 5.92 Å². The first-order valence-electron chi connectivity index (χ1n) is 7.66. The Morgan fingerprint density at radius 1 is 1.09 bits per heavy atom. The Morgan fingerprint density at radius 3 is 2.36 bits per heavy atom. The lowest BCUT2D eigenvalue weighted by molar-refractivity contribution is -0.118. The number of ether oxygens (including phenoxy) is 1. The predicted molar refractivity (Wildman–Crippen MR) is 90.3 cm³/mol. The van der Waals surface area contributed by atoms with E-state index in [-0.39, 0.29) is 17.7 Å². The van der Waals surface area contributed by atoms with Gasteiger partial charge in [-0.1, -0.05) is 62.7 Å². The lowest BCUT2D eigenvalue weighted by Crippen LogP contribution is -2.26. The van der Waals surface area contributed by atoms with E-state index in [0.29, 0.717) is 11.4 Å². The third-order valence-corrected chi connectivity index (χ3v) is 4.02. The summed E-state index contributed by atoms with van der Waals surface area (Å²) < 4.78 is 5.30. The van der Waals surface area contributed by atoms with Crippen LogP contribution in [0.4, 0.5) is 5.69 Å². The van der Waals surface area contributed by atoms with Gasteiger partial charge in [0.1, 0.15) is 5.75 Å². The number of anilines is 1. The SMILES string of the molecule is CCC(C)C(C(=O)Nc1ccccc1OC)c1ccccc1. The van der Waals surface area contributed by atoms with E-state index >= 15 is 0 Å². The molecule has 0 spiro atoms. The highest BCUT2D eigenvalue weighted by atomic mass is 16.5. The Morgan fingerprint density at radius 2 is 1.73 bits per heavy atom. The Labute approximate surface area is 132 Å². The largest absolute Gasteiger partial charge is 0.495 e. The number of para-hydroxylation sites is 2. The Balaban J connectivity index is 2.26. The second kappa shape index (κ2) is 7.64. The summed E-state index contributed by atoms with van der Waals surface area (Å²) in [5.74, 6) is 0.769. The minimum absolute atomic E-state index is 0.00468. The first-order valence-corrected chi connectivity index (χ1v) is 7.66. The van der Waals surface area contributed by atoms with Crippen molar-refractivity contribution < 1.29 is 9.53 Å². The topological polar surface area (TPSA) is 38.3 Å². The molecule has 0 aliphatic rings. The van der Waals surface area contributed by atoms with Gasteiger partial charge in [-0.25, -0.2) is 0 Å². The quantitative estimate of drug-likeness (QED) is 0.854. The lowest BCUT2D eigenvalue weighted by atomic mass is 9.85. The fraction of sp³-hybridized carbons (Fsp3) is 0.316. The molecule has 116 valence electrons. The number of carbonyl (C=O) groups excluding carboxylic acids is 1. The fourth-order valence-corrected chi connectivity index (χ4v) is 2.59. The third kappa shape index (κ3) is 3.67. The van der Waals surface area contributed by atoms with Gasteiger partial charge in [0.25, 0.3) is 0 Å². The van der Waals surface area contributed by atoms with Crippen LogP contribution in [0.5, 0.6) is 5.75 Å². The first-order chi connectivity index (χ1) is 10.7. The average Bonchev–Trinajstić information content (AvgIpc) is 2.56. The van der Waals surface area contributed by atoms with Crippen LogP contribution in [-0.4, -0.2) is 13.0 Å². The molecule has 0 aromatic heterocycles. The van der Waals surface area contributed by atoms with Crippen molar-refractivity contribution in [1.29, 1.82) is 0 Å². The van der Waals surface area contributed by atoms with Crippen molar-refractivity contribution in [3.8, 4) is 5.75 Å². The van der Waals surface area contributed by atoms with Gasteiger partial charge in [0.05, 0.1) is 18.7 Å². The van der Waals surface area contributed by atoms with Gasteiger partial charge < -0.3 is 10.1 Å². The van der Waals surface area contributed by atoms with Gasteiger partial charge in [0, 0.05) is 0 Å². The van der Waals surface area contributed by atoms with E-state index in [1.54, 1.807) is 7.11 Å². The molecule has 0 bridgehead atoms. The molecule has 22 heavy (non-hydrogen) atoms. The van der Waals surface area contributed by atoms with Gasteiger partial charge in [-0.15, -0.1) is 0 Å². The molecule has 1 N–H and O–H groups in total. The number of benzene rings is 2. The van der Waals surface area contributed by atoms with Crippen molar-refractivity contribution in [2.24, 2.45) is 5.92 Å². The van der Waals surface area contributed by atoms with Crippen molar-refractivity contribution in [2.45, 2.75) is 26.2 Å². The zero-order chi connectivity index (χ0) is 15.9. The van der Waals surface area contributed by atoms with Gasteiger partial charge in [-0.3, -0.25) is 4.79 Å². The maximum atomic E-state index is 12.8. The summed E-state index contributed by atoms with van der Waals surface area (Å²) in [5.41, 5.74) is 1.75. The number of methoxy groups -OCH3 is 1. The molecule has 2 unspecified atom stereocenters. The zero-order valence-electron chi connectivity index (χ0n) is 13.4. The van der Waals surface area contributed by atoms with Crippen LogP contribution in [0.25, 0.3) is 0 Å². The Kier molecular flexibility index (Phi) is 5.59. The molecule has 3 nitrogen and oxygen atoms in total. The second-order valence-electron chi connectivity index (χ2n) is 5.46. The number of hydrogen-bond donors (Lipinski definition) is 1. The second-order valence-corrected chi connectivity index (χ2v) is 5.46. The van der Waals surface area contributed by atoms with Crippen LogP contribution in [0.3, 0.4) is 0 Å². The molecular weight excluding hydrogens is 274 g/mol. The normalized spacial score (nSPS) is 13.2. The summed E-state index contributed by atoms with van der Waals surface area (Å²) in [4.78, 5) is 12.8. The van der Waals surface area contributed by atoms with E-state index in [9.17, 15) is 4.79 Å². The molecule has 0 aliphatic heterocycles. The maximum absolute atomic E-state index is 12.8. The predicted octanol–water partition coefficient (Wildman–Crippen LogP) is 4.46. The van der Waals surface area contributed by atoms with Gasteiger partial charge in [-0.2, -0.15) is 0 Å². The van der Waals surface area contributed by atoms with Crippen molar-refractivity contribution in [2.75, 3.05) is 12.4 Å². The Hall–Kier alpha value is -2.29. The van der Waals surface area contributed by atoms with Crippen molar-refractivity contribution in [1.82, 2.24) is 0 Å². The van der Waals surface area contributed by atoms with Gasteiger partial charge in [0.15, 0.2) is 0 Å². The molecular formula is C19H23NO2. The highest BCUT2D eigenvalue weighted by Gasteiger charge is 2.26. The van der Waals surface area contributed by atoms with E-state index in [2.05, 4.69) is 19.2 Å². The van der Waals surface area contributed by atoms with Crippen molar-refractivity contribution in [3.05, 3.63) is 60.2 Å². The average molecular weight is 297 g/mol. The number of nitrogens with one attached hydrogen (secondary N) is 1. The molecule has 0 heterocycles. The van der Waals surface area contributed by atoms with E-state index in [1.165, 1.54) is 0 Å². The van der Waals surface area contributed by atoms with E-state index in [0.717, 1.165) is 12.0 Å². The number of hydrogen-bond acceptors (Lipinski definition) is 2. The van der Waals surface area contributed by atoms with Gasteiger partial charge in [-0.05, 0) is 23.6 Å². The molecule has 0 saturated heterocycles. The van der Waals surface area contributed by atoms with Crippen molar-refractivity contribution >= 4 is 11.6 Å². The highest BCUT2D eigenvalue weighted by Crippen LogP contribution is 2.30. The standard InChI is InChI=1S/C19H23NO2/c1-4-14(2)18(15-10-6-5-7-11-15)19(21)20-16-12-8-9-13-17(16)22-3/h5-14,18H,4H2,1-3H3,(H,20,21). The summed E-state index contributed by atoms with van der Waals surface area (Å²) in [6.45, 7) is 4.22. The van der Waals surface area contributed by atoms with E-state index < -0.39 is 0 Å². The van der Waals surface area contributed by atoms with Gasteiger partial charge in [0.2, 0.25) is 5.91 Å². The zero-order valence-corrected chi connectivity index (χ0v) is 13.4. The van der Waals surface area contributed by atoms with E-state index in [1.807, 2.05) is 54.6 Å². The molecule has 2 atom stereocenters. The minimum Gasteiger partial charge on any atom is -0.495 e. The molecule has 2 aromatic rings. The molecule has 1 amide bonds. The molecule has 2 aromatic carbocycles. The number of carbonyl (C=O) groups is 1. The number of rotatable bonds is 6. The Bertz CT molecular complexity index is 610. The molecule has 2 rings (SSSR count). The minimum atomic E-state index is -0.170.